The number of carbonyl (C=O) groups is 1. The maximum Gasteiger partial charge on any atom is 0.279 e. The van der Waals surface area contributed by atoms with Crippen molar-refractivity contribution in [3.63, 3.8) is 0 Å². The molecule has 1 amide bonds. The SMILES string of the molecule is COc1ccc(N(N)C(=O)COc2ccccc2)cc1. The van der Waals surface area contributed by atoms with Gasteiger partial charge in [-0.3, -0.25) is 4.79 Å². The van der Waals surface area contributed by atoms with Gasteiger partial charge in [-0.1, -0.05) is 18.2 Å². The zero-order valence-corrected chi connectivity index (χ0v) is 11.2. The standard InChI is InChI=1S/C15H16N2O3/c1-19-13-9-7-12(8-10-13)17(16)15(18)11-20-14-5-3-2-4-6-14/h2-10H,11,16H2,1H3. The van der Waals surface area contributed by atoms with Crippen molar-refractivity contribution in [2.24, 2.45) is 5.84 Å². The molecule has 0 saturated carbocycles. The van der Waals surface area contributed by atoms with Crippen LogP contribution in [0.25, 0.3) is 0 Å². The number of hydrogen-bond donors (Lipinski definition) is 1. The molecule has 104 valence electrons. The van der Waals surface area contributed by atoms with E-state index in [1.807, 2.05) is 18.2 Å². The number of amides is 1. The van der Waals surface area contributed by atoms with Crippen molar-refractivity contribution < 1.29 is 14.3 Å². The molecule has 0 spiro atoms. The zero-order chi connectivity index (χ0) is 14.4. The second-order valence-electron chi connectivity index (χ2n) is 4.06. The highest BCUT2D eigenvalue weighted by atomic mass is 16.5. The normalized spacial score (nSPS) is 9.90. The number of nitrogens with zero attached hydrogens (tertiary/aromatic N) is 1. The average Bonchev–Trinajstić information content (AvgIpc) is 2.53. The molecule has 0 aromatic heterocycles. The van der Waals surface area contributed by atoms with Crippen molar-refractivity contribution in [3.05, 3.63) is 54.6 Å². The fourth-order valence-corrected chi connectivity index (χ4v) is 1.62. The van der Waals surface area contributed by atoms with E-state index >= 15 is 0 Å². The Balaban J connectivity index is 1.94. The molecule has 2 aromatic rings. The van der Waals surface area contributed by atoms with Crippen molar-refractivity contribution in [1.82, 2.24) is 0 Å². The van der Waals surface area contributed by atoms with Crippen molar-refractivity contribution in [3.8, 4) is 11.5 Å². The van der Waals surface area contributed by atoms with E-state index in [4.69, 9.17) is 15.3 Å². The van der Waals surface area contributed by atoms with Gasteiger partial charge in [-0.05, 0) is 36.4 Å². The van der Waals surface area contributed by atoms with Crippen LogP contribution < -0.4 is 20.3 Å². The number of anilines is 1. The average molecular weight is 272 g/mol. The molecule has 0 aliphatic rings. The smallest absolute Gasteiger partial charge is 0.279 e. The summed E-state index contributed by atoms with van der Waals surface area (Å²) < 4.78 is 10.4. The van der Waals surface area contributed by atoms with Crippen molar-refractivity contribution >= 4 is 11.6 Å². The summed E-state index contributed by atoms with van der Waals surface area (Å²) in [5.41, 5.74) is 0.576. The lowest BCUT2D eigenvalue weighted by Crippen LogP contribution is -2.40. The molecular formula is C15H16N2O3. The number of hydrazine groups is 1. The van der Waals surface area contributed by atoms with Crippen LogP contribution in [0.4, 0.5) is 5.69 Å². The van der Waals surface area contributed by atoms with Crippen LogP contribution in [0.15, 0.2) is 54.6 Å². The number of methoxy groups -OCH3 is 1. The predicted octanol–water partition coefficient (Wildman–Crippen LogP) is 1.98. The van der Waals surface area contributed by atoms with Crippen LogP contribution in [0.5, 0.6) is 11.5 Å². The molecule has 0 atom stereocenters. The van der Waals surface area contributed by atoms with E-state index in [2.05, 4.69) is 0 Å². The first-order chi connectivity index (χ1) is 9.70. The molecule has 0 heterocycles. The minimum Gasteiger partial charge on any atom is -0.497 e. The molecule has 0 radical (unpaired) electrons. The molecule has 0 bridgehead atoms. The predicted molar refractivity (Wildman–Crippen MR) is 76.6 cm³/mol. The molecule has 5 nitrogen and oxygen atoms in total. The number of carbonyl (C=O) groups excluding carboxylic acids is 1. The third kappa shape index (κ3) is 3.49. The van der Waals surface area contributed by atoms with Gasteiger partial charge in [-0.2, -0.15) is 0 Å². The molecule has 0 fully saturated rings. The first-order valence-corrected chi connectivity index (χ1v) is 6.10. The Kier molecular flexibility index (Phi) is 4.57. The second-order valence-corrected chi connectivity index (χ2v) is 4.06. The van der Waals surface area contributed by atoms with Crippen LogP contribution in [-0.2, 0) is 4.79 Å². The summed E-state index contributed by atoms with van der Waals surface area (Å²) in [5.74, 6) is 6.76. The zero-order valence-electron chi connectivity index (χ0n) is 11.2. The van der Waals surface area contributed by atoms with Crippen LogP contribution in [0.3, 0.4) is 0 Å². The van der Waals surface area contributed by atoms with Gasteiger partial charge in [0.25, 0.3) is 5.91 Å². The number of rotatable bonds is 5. The van der Waals surface area contributed by atoms with Gasteiger partial charge in [0, 0.05) is 0 Å². The number of benzene rings is 2. The van der Waals surface area contributed by atoms with Crippen molar-refractivity contribution in [2.75, 3.05) is 18.7 Å². The molecule has 2 N–H and O–H groups in total. The van der Waals surface area contributed by atoms with Crippen LogP contribution in [0.2, 0.25) is 0 Å². The van der Waals surface area contributed by atoms with Gasteiger partial charge in [0.05, 0.1) is 12.8 Å². The highest BCUT2D eigenvalue weighted by molar-refractivity contribution is 5.93. The van der Waals surface area contributed by atoms with Crippen LogP contribution in [0.1, 0.15) is 0 Å². The van der Waals surface area contributed by atoms with Gasteiger partial charge in [0.1, 0.15) is 11.5 Å². The highest BCUT2D eigenvalue weighted by Gasteiger charge is 2.12. The Labute approximate surface area is 117 Å². The Morgan fingerprint density at radius 3 is 2.30 bits per heavy atom. The number of ether oxygens (including phenoxy) is 2. The molecular weight excluding hydrogens is 256 g/mol. The summed E-state index contributed by atoms with van der Waals surface area (Å²) in [5, 5.41) is 1.06. The van der Waals surface area contributed by atoms with Crippen LogP contribution in [-0.4, -0.2) is 19.6 Å². The third-order valence-electron chi connectivity index (χ3n) is 2.72. The van der Waals surface area contributed by atoms with Crippen molar-refractivity contribution in [1.29, 1.82) is 0 Å². The van der Waals surface area contributed by atoms with E-state index in [-0.39, 0.29) is 12.5 Å². The molecule has 0 aliphatic carbocycles. The van der Waals surface area contributed by atoms with Crippen LogP contribution >= 0.6 is 0 Å². The summed E-state index contributed by atoms with van der Waals surface area (Å²) in [6.45, 7) is -0.119. The van der Waals surface area contributed by atoms with Crippen molar-refractivity contribution in [2.45, 2.75) is 0 Å². The van der Waals surface area contributed by atoms with E-state index in [1.54, 1.807) is 43.5 Å². The van der Waals surface area contributed by atoms with Gasteiger partial charge >= 0.3 is 0 Å². The van der Waals surface area contributed by atoms with Gasteiger partial charge in [0.15, 0.2) is 6.61 Å². The van der Waals surface area contributed by atoms with E-state index in [0.717, 1.165) is 5.01 Å². The maximum atomic E-state index is 11.9. The fraction of sp³-hybridized carbons (Fsp3) is 0.133. The molecule has 0 saturated heterocycles. The first-order valence-electron chi connectivity index (χ1n) is 6.10. The van der Waals surface area contributed by atoms with Gasteiger partial charge in [-0.15, -0.1) is 0 Å². The Hall–Kier alpha value is -2.53. The van der Waals surface area contributed by atoms with E-state index in [0.29, 0.717) is 17.2 Å². The molecule has 0 unspecified atom stereocenters. The quantitative estimate of drug-likeness (QED) is 0.513. The third-order valence-corrected chi connectivity index (χ3v) is 2.72. The summed E-state index contributed by atoms with van der Waals surface area (Å²) >= 11 is 0. The molecule has 0 aliphatic heterocycles. The van der Waals surface area contributed by atoms with Gasteiger partial charge < -0.3 is 9.47 Å². The lowest BCUT2D eigenvalue weighted by Gasteiger charge is -2.17. The van der Waals surface area contributed by atoms with E-state index < -0.39 is 0 Å². The molecule has 20 heavy (non-hydrogen) atoms. The summed E-state index contributed by atoms with van der Waals surface area (Å²) in [6.07, 6.45) is 0. The minimum absolute atomic E-state index is 0.119. The Morgan fingerprint density at radius 2 is 1.70 bits per heavy atom. The molecule has 2 rings (SSSR count). The van der Waals surface area contributed by atoms with E-state index in [1.165, 1.54) is 0 Å². The van der Waals surface area contributed by atoms with E-state index in [9.17, 15) is 4.79 Å². The largest absolute Gasteiger partial charge is 0.497 e. The maximum absolute atomic E-state index is 11.9. The topological polar surface area (TPSA) is 64.8 Å². The van der Waals surface area contributed by atoms with Gasteiger partial charge in [-0.25, -0.2) is 10.9 Å². The van der Waals surface area contributed by atoms with Gasteiger partial charge in [0.2, 0.25) is 0 Å². The number of para-hydroxylation sites is 1. The summed E-state index contributed by atoms with van der Waals surface area (Å²) in [6, 6.07) is 16.0. The minimum atomic E-state index is -0.334. The number of nitrogens with two attached hydrogens (primary N) is 1. The fourth-order valence-electron chi connectivity index (χ4n) is 1.62. The highest BCUT2D eigenvalue weighted by Crippen LogP contribution is 2.17. The molecule has 5 heteroatoms. The first kappa shape index (κ1) is 13.9. The van der Waals surface area contributed by atoms with Crippen LogP contribution in [0, 0.1) is 0 Å². The monoisotopic (exact) mass is 272 g/mol. The lowest BCUT2D eigenvalue weighted by atomic mass is 10.3. The summed E-state index contributed by atoms with van der Waals surface area (Å²) in [7, 11) is 1.58. The Bertz CT molecular complexity index is 555. The summed E-state index contributed by atoms with van der Waals surface area (Å²) in [4.78, 5) is 11.9. The lowest BCUT2D eigenvalue weighted by molar-refractivity contribution is -0.120. The second kappa shape index (κ2) is 6.58. The number of hydrogen-bond acceptors (Lipinski definition) is 4. The Morgan fingerprint density at radius 1 is 1.05 bits per heavy atom. The molecule has 2 aromatic carbocycles.